The van der Waals surface area contributed by atoms with Crippen molar-refractivity contribution < 1.29 is 27.5 Å². The van der Waals surface area contributed by atoms with Crippen molar-refractivity contribution in [3.63, 3.8) is 0 Å². The number of nitrogens with one attached hydrogen (secondary N) is 2. The molecule has 11 heteroatoms. The van der Waals surface area contributed by atoms with E-state index in [-0.39, 0.29) is 30.2 Å². The van der Waals surface area contributed by atoms with Gasteiger partial charge in [0.15, 0.2) is 0 Å². The Balaban J connectivity index is 1.73. The van der Waals surface area contributed by atoms with Gasteiger partial charge in [0.1, 0.15) is 5.82 Å². The van der Waals surface area contributed by atoms with Gasteiger partial charge in [0.2, 0.25) is 15.6 Å². The van der Waals surface area contributed by atoms with E-state index in [1.807, 2.05) is 0 Å². The van der Waals surface area contributed by atoms with Crippen LogP contribution in [0.25, 0.3) is 0 Å². The number of sulfonamides is 1. The van der Waals surface area contributed by atoms with E-state index in [0.717, 1.165) is 12.3 Å². The molecule has 2 aromatic carbocycles. The number of carbonyl (C=O) groups is 2. The number of halogens is 2. The Kier molecular flexibility index (Phi) is 6.02. The Morgan fingerprint density at radius 1 is 1.30 bits per heavy atom. The first-order chi connectivity index (χ1) is 14.0. The van der Waals surface area contributed by atoms with Crippen molar-refractivity contribution in [2.75, 3.05) is 22.4 Å². The minimum atomic E-state index is -3.51. The third-order valence-corrected chi connectivity index (χ3v) is 5.33. The van der Waals surface area contributed by atoms with Gasteiger partial charge in [-0.25, -0.2) is 12.8 Å². The first-order valence-corrected chi connectivity index (χ1v) is 11.1. The number of amides is 2. The number of rotatable bonds is 6. The molecule has 1 atom stereocenters. The second-order valence-electron chi connectivity index (χ2n) is 6.95. The second kappa shape index (κ2) is 8.21. The Morgan fingerprint density at radius 3 is 2.70 bits per heavy atom. The molecule has 2 amide bonds. The van der Waals surface area contributed by atoms with E-state index in [0.29, 0.717) is 11.3 Å². The Morgan fingerprint density at radius 2 is 2.03 bits per heavy atom. The van der Waals surface area contributed by atoms with Crippen LogP contribution >= 0.6 is 11.6 Å². The summed E-state index contributed by atoms with van der Waals surface area (Å²) in [6.07, 6.45) is 0.834. The lowest BCUT2D eigenvalue weighted by Crippen LogP contribution is -2.52. The molecule has 0 bridgehead atoms. The number of benzene rings is 2. The Bertz CT molecular complexity index is 1090. The van der Waals surface area contributed by atoms with E-state index in [2.05, 4.69) is 10.0 Å². The fourth-order valence-electron chi connectivity index (χ4n) is 3.16. The number of carbonyl (C=O) groups excluding carboxylic acids is 2. The van der Waals surface area contributed by atoms with Crippen LogP contribution in [-0.4, -0.2) is 43.7 Å². The largest absolute Gasteiger partial charge is 0.372 e. The molecular formula is C19H19ClFN3O5S. The van der Waals surface area contributed by atoms with Gasteiger partial charge in [-0.3, -0.25) is 14.3 Å². The fraction of sp³-hybridized carbons (Fsp3) is 0.263. The molecule has 0 spiro atoms. The lowest BCUT2D eigenvalue weighted by Gasteiger charge is -2.22. The van der Waals surface area contributed by atoms with Crippen molar-refractivity contribution in [3.8, 4) is 0 Å². The zero-order valence-corrected chi connectivity index (χ0v) is 17.4. The monoisotopic (exact) mass is 455 g/mol. The molecule has 1 saturated heterocycles. The summed E-state index contributed by atoms with van der Waals surface area (Å²) >= 11 is 5.78. The van der Waals surface area contributed by atoms with Gasteiger partial charge < -0.3 is 15.3 Å². The fourth-order valence-corrected chi connectivity index (χ4v) is 3.95. The zero-order valence-electron chi connectivity index (χ0n) is 15.9. The molecule has 3 N–H and O–H groups in total. The third kappa shape index (κ3) is 4.89. The van der Waals surface area contributed by atoms with E-state index in [1.165, 1.54) is 29.2 Å². The third-order valence-electron chi connectivity index (χ3n) is 4.51. The standard InChI is InChI=1S/C19H19ClFN3O5S/c1-30(28,29)23-15-3-2-4-16(10-15)24-6-5-19(27,18(24)26)17(25)22-11-12-7-13(20)9-14(21)8-12/h2-4,7-10,23,27H,5-6,11H2,1H3,(H,22,25)/t19-/m0/s1. The molecule has 1 aliphatic heterocycles. The second-order valence-corrected chi connectivity index (χ2v) is 9.14. The van der Waals surface area contributed by atoms with Crippen LogP contribution in [0.4, 0.5) is 15.8 Å². The number of nitrogens with zero attached hydrogens (tertiary/aromatic N) is 1. The van der Waals surface area contributed by atoms with Crippen molar-refractivity contribution >= 4 is 44.8 Å². The lowest BCUT2D eigenvalue weighted by molar-refractivity contribution is -0.149. The van der Waals surface area contributed by atoms with E-state index in [9.17, 15) is 27.5 Å². The summed E-state index contributed by atoms with van der Waals surface area (Å²) in [6.45, 7) is -0.0729. The summed E-state index contributed by atoms with van der Waals surface area (Å²) in [6, 6.07) is 9.79. The molecular weight excluding hydrogens is 437 g/mol. The van der Waals surface area contributed by atoms with Crippen molar-refractivity contribution in [1.82, 2.24) is 5.32 Å². The number of aliphatic hydroxyl groups is 1. The van der Waals surface area contributed by atoms with Gasteiger partial charge in [0.25, 0.3) is 11.8 Å². The number of anilines is 2. The normalized spacial score (nSPS) is 19.1. The van der Waals surface area contributed by atoms with Crippen molar-refractivity contribution in [1.29, 1.82) is 0 Å². The average Bonchev–Trinajstić information content (AvgIpc) is 2.94. The molecule has 0 aromatic heterocycles. The maximum Gasteiger partial charge on any atom is 0.268 e. The predicted molar refractivity (Wildman–Crippen MR) is 110 cm³/mol. The van der Waals surface area contributed by atoms with Crippen molar-refractivity contribution in [3.05, 3.63) is 58.9 Å². The highest BCUT2D eigenvalue weighted by atomic mass is 35.5. The van der Waals surface area contributed by atoms with Gasteiger partial charge in [0, 0.05) is 30.2 Å². The van der Waals surface area contributed by atoms with Gasteiger partial charge in [-0.1, -0.05) is 17.7 Å². The summed E-state index contributed by atoms with van der Waals surface area (Å²) in [5, 5.41) is 13.3. The van der Waals surface area contributed by atoms with E-state index in [4.69, 9.17) is 11.6 Å². The van der Waals surface area contributed by atoms with Crippen molar-refractivity contribution in [2.45, 2.75) is 18.6 Å². The minimum Gasteiger partial charge on any atom is -0.372 e. The first kappa shape index (κ1) is 22.0. The van der Waals surface area contributed by atoms with Crippen LogP contribution in [-0.2, 0) is 26.2 Å². The SMILES string of the molecule is CS(=O)(=O)Nc1cccc(N2CC[C@](O)(C(=O)NCc3cc(F)cc(Cl)c3)C2=O)c1. The Labute approximate surface area is 177 Å². The highest BCUT2D eigenvalue weighted by Crippen LogP contribution is 2.30. The van der Waals surface area contributed by atoms with E-state index in [1.54, 1.807) is 12.1 Å². The van der Waals surface area contributed by atoms with Crippen LogP contribution < -0.4 is 14.9 Å². The Hall–Kier alpha value is -2.69. The van der Waals surface area contributed by atoms with Gasteiger partial charge in [-0.05, 0) is 42.0 Å². The summed E-state index contributed by atoms with van der Waals surface area (Å²) in [7, 11) is -3.51. The summed E-state index contributed by atoms with van der Waals surface area (Å²) in [5.41, 5.74) is -1.35. The highest BCUT2D eigenvalue weighted by molar-refractivity contribution is 7.92. The number of hydrogen-bond acceptors (Lipinski definition) is 5. The molecule has 3 rings (SSSR count). The quantitative estimate of drug-likeness (QED) is 0.572. The highest BCUT2D eigenvalue weighted by Gasteiger charge is 2.51. The van der Waals surface area contributed by atoms with Gasteiger partial charge >= 0.3 is 0 Å². The lowest BCUT2D eigenvalue weighted by atomic mass is 10.0. The molecule has 0 radical (unpaired) electrons. The predicted octanol–water partition coefficient (Wildman–Crippen LogP) is 1.63. The van der Waals surface area contributed by atoms with Crippen LogP contribution in [0.3, 0.4) is 0 Å². The summed E-state index contributed by atoms with van der Waals surface area (Å²) < 4.78 is 38.5. The average molecular weight is 456 g/mol. The molecule has 8 nitrogen and oxygen atoms in total. The first-order valence-electron chi connectivity index (χ1n) is 8.83. The molecule has 30 heavy (non-hydrogen) atoms. The van der Waals surface area contributed by atoms with Gasteiger partial charge in [-0.15, -0.1) is 0 Å². The molecule has 1 fully saturated rings. The zero-order chi connectivity index (χ0) is 22.1. The van der Waals surface area contributed by atoms with Crippen LogP contribution in [0.1, 0.15) is 12.0 Å². The summed E-state index contributed by atoms with van der Waals surface area (Å²) in [5.74, 6) is -2.33. The van der Waals surface area contributed by atoms with Gasteiger partial charge in [-0.2, -0.15) is 0 Å². The smallest absolute Gasteiger partial charge is 0.268 e. The maximum absolute atomic E-state index is 13.4. The van der Waals surface area contributed by atoms with Crippen LogP contribution in [0.5, 0.6) is 0 Å². The maximum atomic E-state index is 13.4. The molecule has 0 aliphatic carbocycles. The number of hydrogen-bond donors (Lipinski definition) is 3. The van der Waals surface area contributed by atoms with Crippen LogP contribution in [0.15, 0.2) is 42.5 Å². The van der Waals surface area contributed by atoms with Crippen molar-refractivity contribution in [2.24, 2.45) is 0 Å². The molecule has 2 aromatic rings. The van der Waals surface area contributed by atoms with E-state index >= 15 is 0 Å². The van der Waals surface area contributed by atoms with E-state index < -0.39 is 33.3 Å². The molecule has 0 saturated carbocycles. The van der Waals surface area contributed by atoms with Gasteiger partial charge in [0.05, 0.1) is 11.9 Å². The topological polar surface area (TPSA) is 116 Å². The molecule has 1 heterocycles. The molecule has 0 unspecified atom stereocenters. The van der Waals surface area contributed by atoms with Crippen LogP contribution in [0.2, 0.25) is 5.02 Å². The van der Waals surface area contributed by atoms with Crippen LogP contribution in [0, 0.1) is 5.82 Å². The molecule has 1 aliphatic rings. The summed E-state index contributed by atoms with van der Waals surface area (Å²) in [4.78, 5) is 26.5. The molecule has 160 valence electrons. The minimum absolute atomic E-state index is 0.0525.